The molecular weight excluding hydrogens is 636 g/mol. The van der Waals surface area contributed by atoms with Crippen LogP contribution in [0.4, 0.5) is 4.79 Å². The Morgan fingerprint density at radius 1 is 1.08 bits per heavy atom. The number of oxime groups is 1. The van der Waals surface area contributed by atoms with Crippen LogP contribution >= 0.6 is 0 Å². The van der Waals surface area contributed by atoms with Crippen molar-refractivity contribution in [1.82, 2.24) is 15.2 Å². The Bertz CT molecular complexity index is 1650. The molecule has 3 aliphatic rings. The van der Waals surface area contributed by atoms with E-state index in [4.69, 9.17) is 9.57 Å². The van der Waals surface area contributed by atoms with E-state index in [1.165, 1.54) is 0 Å². The van der Waals surface area contributed by atoms with Gasteiger partial charge >= 0.3 is 6.03 Å². The van der Waals surface area contributed by atoms with Crippen molar-refractivity contribution < 1.29 is 34.8 Å². The van der Waals surface area contributed by atoms with Gasteiger partial charge in [0.1, 0.15) is 24.1 Å². The zero-order valence-electron chi connectivity index (χ0n) is 29.2. The predicted molar refractivity (Wildman–Crippen MR) is 192 cm³/mol. The van der Waals surface area contributed by atoms with Crippen LogP contribution in [0.5, 0.6) is 11.5 Å². The zero-order chi connectivity index (χ0) is 35.3. The number of nitrogens with zero attached hydrogens (tertiary/aromatic N) is 2. The lowest BCUT2D eigenvalue weighted by atomic mass is 9.55. The first kappa shape index (κ1) is 35.8. The number of para-hydroxylation sites is 1. The number of ether oxygens (including phenoxy) is 1. The Morgan fingerprint density at radius 3 is 2.60 bits per heavy atom. The van der Waals surface area contributed by atoms with Gasteiger partial charge in [0.25, 0.3) is 0 Å². The number of carbonyl (C=O) groups excluding carboxylic acids is 1. The minimum absolute atomic E-state index is 0.0347. The molecule has 50 heavy (non-hydrogen) atoms. The summed E-state index contributed by atoms with van der Waals surface area (Å²) in [6.07, 6.45) is 7.66. The van der Waals surface area contributed by atoms with Gasteiger partial charge in [0.2, 0.25) is 5.79 Å². The molecule has 6 rings (SSSR count). The molecular formula is C39H52N4O7. The van der Waals surface area contributed by atoms with Crippen LogP contribution in [0.2, 0.25) is 0 Å². The van der Waals surface area contributed by atoms with Crippen molar-refractivity contribution in [2.75, 3.05) is 26.4 Å². The van der Waals surface area contributed by atoms with Crippen molar-refractivity contribution in [3.8, 4) is 11.5 Å². The summed E-state index contributed by atoms with van der Waals surface area (Å²) in [6, 6.07) is 13.9. The Kier molecular flexibility index (Phi) is 11.3. The van der Waals surface area contributed by atoms with Gasteiger partial charge in [-0.05, 0) is 92.2 Å². The van der Waals surface area contributed by atoms with Crippen molar-refractivity contribution in [3.05, 3.63) is 71.4 Å². The number of phenolic OH excluding ortho intramolecular Hbond substituents is 1. The number of phenols is 1. The summed E-state index contributed by atoms with van der Waals surface area (Å²) in [5.41, 5.74) is 4.20. The fourth-order valence-corrected chi connectivity index (χ4v) is 8.56. The molecule has 0 radical (unpaired) electrons. The second kappa shape index (κ2) is 15.9. The Labute approximate surface area is 294 Å². The lowest BCUT2D eigenvalue weighted by Crippen LogP contribution is -2.69. The molecule has 6 N–H and O–H groups in total. The Hall–Kier alpha value is -4.06. The van der Waals surface area contributed by atoms with E-state index in [2.05, 4.69) is 21.5 Å². The number of urea groups is 1. The van der Waals surface area contributed by atoms with Gasteiger partial charge in [0.05, 0.1) is 18.2 Å². The summed E-state index contributed by atoms with van der Waals surface area (Å²) in [5.74, 6) is -1.98. The number of H-pyrrole nitrogens is 1. The van der Waals surface area contributed by atoms with Crippen molar-refractivity contribution in [1.29, 1.82) is 0 Å². The monoisotopic (exact) mass is 688 g/mol. The van der Waals surface area contributed by atoms with E-state index in [0.717, 1.165) is 53.4 Å². The molecule has 1 saturated carbocycles. The van der Waals surface area contributed by atoms with E-state index in [0.29, 0.717) is 43.9 Å². The number of allylic oxidation sites excluding steroid dienone is 1. The number of aromatic hydroxyl groups is 1. The minimum atomic E-state index is -1.81. The first-order chi connectivity index (χ1) is 24.3. The van der Waals surface area contributed by atoms with E-state index in [9.17, 15) is 25.2 Å². The molecule has 11 heteroatoms. The smallest absolute Gasteiger partial charge is 0.318 e. The largest absolute Gasteiger partial charge is 0.508 e. The highest BCUT2D eigenvalue weighted by Crippen LogP contribution is 2.60. The number of aromatic nitrogens is 1. The maximum absolute atomic E-state index is 14.2. The highest BCUT2D eigenvalue weighted by molar-refractivity contribution is 6.03. The molecule has 6 atom stereocenters. The fourth-order valence-electron chi connectivity index (χ4n) is 8.56. The number of aliphatic hydroxyl groups is 3. The summed E-state index contributed by atoms with van der Waals surface area (Å²) < 4.78 is 6.67. The van der Waals surface area contributed by atoms with Crippen LogP contribution in [0.3, 0.4) is 0 Å². The highest BCUT2D eigenvalue weighted by atomic mass is 16.6. The lowest BCUT2D eigenvalue weighted by Gasteiger charge is -2.58. The van der Waals surface area contributed by atoms with E-state index >= 15 is 0 Å². The Morgan fingerprint density at radius 2 is 1.86 bits per heavy atom. The first-order valence-corrected chi connectivity index (χ1v) is 18.3. The molecule has 6 unspecified atom stereocenters. The summed E-state index contributed by atoms with van der Waals surface area (Å²) >= 11 is 0. The number of carbonyl (C=O) groups is 1. The first-order valence-electron chi connectivity index (χ1n) is 18.3. The fraction of sp³-hybridized carbons (Fsp3) is 0.538. The van der Waals surface area contributed by atoms with Gasteiger partial charge in [-0.1, -0.05) is 49.2 Å². The second-order valence-corrected chi connectivity index (χ2v) is 13.9. The van der Waals surface area contributed by atoms with E-state index in [1.807, 2.05) is 44.2 Å². The van der Waals surface area contributed by atoms with Crippen LogP contribution in [-0.2, 0) is 11.4 Å². The zero-order valence-corrected chi connectivity index (χ0v) is 29.2. The van der Waals surface area contributed by atoms with Crippen LogP contribution < -0.4 is 10.1 Å². The average Bonchev–Trinajstić information content (AvgIpc) is 3.54. The normalized spacial score (nSPS) is 26.1. The molecule has 1 fully saturated rings. The number of aliphatic hydroxyl groups excluding tert-OH is 2. The quantitative estimate of drug-likeness (QED) is 0.0852. The number of amides is 2. The number of benzene rings is 2. The molecule has 2 aliphatic carbocycles. The van der Waals surface area contributed by atoms with Gasteiger partial charge in [0, 0.05) is 48.9 Å². The summed E-state index contributed by atoms with van der Waals surface area (Å²) in [6.45, 7) is 5.10. The SMILES string of the molecule is CCCN(C(=O)NCc1cc2ccccc2[nH]1)C1CC(=NOCC)C2=CC(CCCCO)C(CCCCO)C3c4cc(O)ccc4OC1(O)C23. The number of hydrogen-bond donors (Lipinski definition) is 6. The predicted octanol–water partition coefficient (Wildman–Crippen LogP) is 5.94. The van der Waals surface area contributed by atoms with Gasteiger partial charge in [-0.15, -0.1) is 0 Å². The van der Waals surface area contributed by atoms with Gasteiger partial charge in [-0.25, -0.2) is 4.79 Å². The molecule has 2 amide bonds. The molecule has 0 bridgehead atoms. The molecule has 0 saturated heterocycles. The second-order valence-electron chi connectivity index (χ2n) is 13.9. The average molecular weight is 689 g/mol. The maximum atomic E-state index is 14.2. The van der Waals surface area contributed by atoms with Crippen molar-refractivity contribution in [2.45, 2.75) is 89.5 Å². The molecule has 3 aromatic rings. The van der Waals surface area contributed by atoms with Crippen LogP contribution in [-0.4, -0.2) is 80.2 Å². The van der Waals surface area contributed by atoms with Gasteiger partial charge in [-0.2, -0.15) is 0 Å². The van der Waals surface area contributed by atoms with Crippen molar-refractivity contribution >= 4 is 22.6 Å². The van der Waals surface area contributed by atoms with Crippen LogP contribution in [0.15, 0.2) is 65.3 Å². The molecule has 1 aromatic heterocycles. The van der Waals surface area contributed by atoms with Gasteiger partial charge in [-0.3, -0.25) is 0 Å². The van der Waals surface area contributed by atoms with E-state index < -0.39 is 17.7 Å². The maximum Gasteiger partial charge on any atom is 0.318 e. The van der Waals surface area contributed by atoms with E-state index in [-0.39, 0.29) is 55.7 Å². The molecule has 2 aromatic carbocycles. The molecule has 11 nitrogen and oxygen atoms in total. The number of fused-ring (bicyclic) bond motifs is 3. The number of aromatic amines is 1. The third kappa shape index (κ3) is 7.08. The Balaban J connectivity index is 1.43. The number of hydrogen-bond acceptors (Lipinski definition) is 8. The van der Waals surface area contributed by atoms with Gasteiger partial charge < -0.3 is 45.2 Å². The van der Waals surface area contributed by atoms with Crippen LogP contribution in [0.1, 0.15) is 82.4 Å². The summed E-state index contributed by atoms with van der Waals surface area (Å²) in [7, 11) is 0. The topological polar surface area (TPSA) is 160 Å². The molecule has 270 valence electrons. The highest BCUT2D eigenvalue weighted by Gasteiger charge is 2.64. The number of rotatable bonds is 15. The molecule has 0 spiro atoms. The standard InChI is InChI=1S/C39H52N4O7/c1-3-17-43(38(47)40-24-27-20-26-12-5-6-14-32(26)41-27)35-23-33(42-49-4-2)30-21-25(11-7-9-18-44)29(13-8-10-19-45)36-31-22-28(46)15-16-34(31)50-39(35,48)37(30)36/h5-6,12,14-16,20-22,25,29,35-37,41,44-46,48H,3-4,7-11,13,17-19,23-24H2,1-2H3,(H,40,47). The summed E-state index contributed by atoms with van der Waals surface area (Å²) in [4.78, 5) is 25.0. The lowest BCUT2D eigenvalue weighted by molar-refractivity contribution is -0.228. The number of nitrogens with one attached hydrogen (secondary N) is 2. The summed E-state index contributed by atoms with van der Waals surface area (Å²) in [5, 5.41) is 51.9. The third-order valence-electron chi connectivity index (χ3n) is 10.7. The molecule has 2 heterocycles. The van der Waals surface area contributed by atoms with Crippen LogP contribution in [0.25, 0.3) is 10.9 Å². The third-order valence-corrected chi connectivity index (χ3v) is 10.7. The minimum Gasteiger partial charge on any atom is -0.508 e. The van der Waals surface area contributed by atoms with E-state index in [1.54, 1.807) is 23.1 Å². The van der Waals surface area contributed by atoms with Crippen molar-refractivity contribution in [2.24, 2.45) is 22.9 Å². The van der Waals surface area contributed by atoms with Crippen molar-refractivity contribution in [3.63, 3.8) is 0 Å². The van der Waals surface area contributed by atoms with Crippen LogP contribution in [0, 0.1) is 17.8 Å². The molecule has 1 aliphatic heterocycles. The van der Waals surface area contributed by atoms with Gasteiger partial charge in [0.15, 0.2) is 0 Å². The number of unbranched alkanes of at least 4 members (excludes halogenated alkanes) is 2.